The topological polar surface area (TPSA) is 94.1 Å². The lowest BCUT2D eigenvalue weighted by Crippen LogP contribution is -2.36. The molecular formula is C24H26N4O4. The zero-order valence-electron chi connectivity index (χ0n) is 18.3. The fraction of sp³-hybridized carbons (Fsp3) is 0.208. The number of rotatable bonds is 8. The number of hydrogen-bond acceptors (Lipinski definition) is 6. The largest absolute Gasteiger partial charge is 0.493 e. The molecule has 0 bridgehead atoms. The van der Waals surface area contributed by atoms with Crippen LogP contribution in [0.15, 0.2) is 72.0 Å². The standard InChI is InChI=1S/C24H26N4O4/c1-4-32-20-8-6-5-7-19(20)27-24(26-16-17-11-13-25-14-12-17)28-23(29)18-9-10-21(30-2)22(15-18)31-3/h5-15H,4,16H2,1-3H3,(H2,26,27,28,29). The van der Waals surface area contributed by atoms with Crippen molar-refractivity contribution in [2.75, 3.05) is 26.1 Å². The van der Waals surface area contributed by atoms with E-state index in [0.717, 1.165) is 5.56 Å². The number of hydrogen-bond donors (Lipinski definition) is 2. The van der Waals surface area contributed by atoms with E-state index in [4.69, 9.17) is 14.2 Å². The molecule has 0 aliphatic carbocycles. The average Bonchev–Trinajstić information content (AvgIpc) is 2.84. The lowest BCUT2D eigenvalue weighted by molar-refractivity contribution is 0.0976. The Labute approximate surface area is 187 Å². The van der Waals surface area contributed by atoms with Gasteiger partial charge in [-0.3, -0.25) is 15.1 Å². The molecule has 2 N–H and O–H groups in total. The van der Waals surface area contributed by atoms with Crippen LogP contribution in [0.25, 0.3) is 0 Å². The van der Waals surface area contributed by atoms with Crippen molar-refractivity contribution < 1.29 is 19.0 Å². The number of methoxy groups -OCH3 is 2. The van der Waals surface area contributed by atoms with Gasteiger partial charge in [0.1, 0.15) is 5.75 Å². The van der Waals surface area contributed by atoms with Gasteiger partial charge in [-0.2, -0.15) is 0 Å². The highest BCUT2D eigenvalue weighted by Crippen LogP contribution is 2.27. The van der Waals surface area contributed by atoms with Gasteiger partial charge in [0, 0.05) is 18.0 Å². The second-order valence-electron chi connectivity index (χ2n) is 6.60. The van der Waals surface area contributed by atoms with Gasteiger partial charge in [0.05, 0.1) is 33.1 Å². The van der Waals surface area contributed by atoms with Crippen molar-refractivity contribution >= 4 is 17.6 Å². The van der Waals surface area contributed by atoms with Crippen LogP contribution in [0.5, 0.6) is 17.2 Å². The van der Waals surface area contributed by atoms with Gasteiger partial charge in [-0.15, -0.1) is 0 Å². The predicted octanol–water partition coefficient (Wildman–Crippen LogP) is 3.90. The van der Waals surface area contributed by atoms with Crippen molar-refractivity contribution in [3.63, 3.8) is 0 Å². The molecule has 0 saturated carbocycles. The van der Waals surface area contributed by atoms with Crippen LogP contribution in [0.3, 0.4) is 0 Å². The number of benzene rings is 2. The lowest BCUT2D eigenvalue weighted by atomic mass is 10.2. The Balaban J connectivity index is 1.86. The molecular weight excluding hydrogens is 408 g/mol. The maximum absolute atomic E-state index is 13.0. The highest BCUT2D eigenvalue weighted by Gasteiger charge is 2.14. The molecule has 32 heavy (non-hydrogen) atoms. The van der Waals surface area contributed by atoms with Crippen LogP contribution in [-0.4, -0.2) is 37.7 Å². The molecule has 0 atom stereocenters. The van der Waals surface area contributed by atoms with Gasteiger partial charge in [-0.25, -0.2) is 4.99 Å². The van der Waals surface area contributed by atoms with Crippen LogP contribution in [0, 0.1) is 0 Å². The predicted molar refractivity (Wildman–Crippen MR) is 124 cm³/mol. The Morgan fingerprint density at radius 1 is 0.969 bits per heavy atom. The molecule has 0 spiro atoms. The summed E-state index contributed by atoms with van der Waals surface area (Å²) in [5.74, 6) is 1.60. The van der Waals surface area contributed by atoms with Crippen LogP contribution in [0.4, 0.5) is 5.69 Å². The third kappa shape index (κ3) is 5.98. The number of nitrogens with zero attached hydrogens (tertiary/aromatic N) is 2. The minimum Gasteiger partial charge on any atom is -0.493 e. The fourth-order valence-electron chi connectivity index (χ4n) is 2.90. The fourth-order valence-corrected chi connectivity index (χ4v) is 2.90. The first-order chi connectivity index (χ1) is 15.6. The molecule has 0 saturated heterocycles. The smallest absolute Gasteiger partial charge is 0.258 e. The SMILES string of the molecule is CCOc1ccccc1NC(=NCc1ccncc1)NC(=O)c1ccc(OC)c(OC)c1. The second kappa shape index (κ2) is 11.4. The van der Waals surface area contributed by atoms with Gasteiger partial charge in [-0.1, -0.05) is 12.1 Å². The quantitative estimate of drug-likeness (QED) is 0.413. The summed E-state index contributed by atoms with van der Waals surface area (Å²) in [7, 11) is 3.06. The van der Waals surface area contributed by atoms with Crippen LogP contribution in [0.1, 0.15) is 22.8 Å². The Hall–Kier alpha value is -4.07. The molecule has 1 amide bonds. The molecule has 2 aromatic carbocycles. The highest BCUT2D eigenvalue weighted by molar-refractivity contribution is 6.10. The van der Waals surface area contributed by atoms with E-state index in [2.05, 4.69) is 20.6 Å². The van der Waals surface area contributed by atoms with Gasteiger partial charge >= 0.3 is 0 Å². The number of nitrogens with one attached hydrogen (secondary N) is 2. The van der Waals surface area contributed by atoms with E-state index >= 15 is 0 Å². The van der Waals surface area contributed by atoms with Crippen molar-refractivity contribution in [2.24, 2.45) is 4.99 Å². The summed E-state index contributed by atoms with van der Waals surface area (Å²) in [6.45, 7) is 2.78. The molecule has 8 heteroatoms. The molecule has 0 radical (unpaired) electrons. The summed E-state index contributed by atoms with van der Waals surface area (Å²) < 4.78 is 16.2. The van der Waals surface area contributed by atoms with E-state index in [9.17, 15) is 4.79 Å². The zero-order chi connectivity index (χ0) is 22.8. The molecule has 166 valence electrons. The van der Waals surface area contributed by atoms with Crippen molar-refractivity contribution in [2.45, 2.75) is 13.5 Å². The molecule has 0 unspecified atom stereocenters. The number of anilines is 1. The molecule has 0 fully saturated rings. The Morgan fingerprint density at radius 2 is 1.72 bits per heavy atom. The van der Waals surface area contributed by atoms with Crippen LogP contribution < -0.4 is 24.8 Å². The number of carbonyl (C=O) groups excluding carboxylic acids is 1. The monoisotopic (exact) mass is 434 g/mol. The molecule has 1 heterocycles. The first-order valence-corrected chi connectivity index (χ1v) is 10.1. The maximum atomic E-state index is 13.0. The summed E-state index contributed by atoms with van der Waals surface area (Å²) in [5.41, 5.74) is 2.05. The lowest BCUT2D eigenvalue weighted by Gasteiger charge is -2.15. The molecule has 0 aliphatic heterocycles. The minimum atomic E-state index is -0.346. The van der Waals surface area contributed by atoms with Gasteiger partial charge < -0.3 is 19.5 Å². The molecule has 3 aromatic rings. The number of amides is 1. The average molecular weight is 434 g/mol. The van der Waals surface area contributed by atoms with Crippen molar-refractivity contribution in [1.29, 1.82) is 0 Å². The number of aromatic nitrogens is 1. The molecule has 0 aliphatic rings. The second-order valence-corrected chi connectivity index (χ2v) is 6.60. The van der Waals surface area contributed by atoms with Crippen molar-refractivity contribution in [3.8, 4) is 17.2 Å². The summed E-state index contributed by atoms with van der Waals surface area (Å²) in [6.07, 6.45) is 3.40. The third-order valence-electron chi connectivity index (χ3n) is 4.49. The number of guanidine groups is 1. The van der Waals surface area contributed by atoms with Gasteiger partial charge in [0.15, 0.2) is 11.5 Å². The van der Waals surface area contributed by atoms with Crippen molar-refractivity contribution in [1.82, 2.24) is 10.3 Å². The molecule has 1 aromatic heterocycles. The summed E-state index contributed by atoms with van der Waals surface area (Å²) in [4.78, 5) is 21.6. The van der Waals surface area contributed by atoms with E-state index in [1.807, 2.05) is 43.3 Å². The first-order valence-electron chi connectivity index (χ1n) is 10.1. The van der Waals surface area contributed by atoms with E-state index < -0.39 is 0 Å². The number of para-hydroxylation sites is 2. The minimum absolute atomic E-state index is 0.286. The van der Waals surface area contributed by atoms with E-state index in [-0.39, 0.29) is 11.9 Å². The van der Waals surface area contributed by atoms with E-state index in [0.29, 0.717) is 41.7 Å². The van der Waals surface area contributed by atoms with Gasteiger partial charge in [0.25, 0.3) is 5.91 Å². The molecule has 8 nitrogen and oxygen atoms in total. The van der Waals surface area contributed by atoms with Crippen LogP contribution in [-0.2, 0) is 6.54 Å². The Kier molecular flexibility index (Phi) is 8.02. The third-order valence-corrected chi connectivity index (χ3v) is 4.49. The highest BCUT2D eigenvalue weighted by atomic mass is 16.5. The van der Waals surface area contributed by atoms with Crippen LogP contribution in [0.2, 0.25) is 0 Å². The summed E-state index contributed by atoms with van der Waals surface area (Å²) >= 11 is 0. The van der Waals surface area contributed by atoms with Crippen molar-refractivity contribution in [3.05, 3.63) is 78.1 Å². The number of carbonyl (C=O) groups is 1. The maximum Gasteiger partial charge on any atom is 0.258 e. The Bertz CT molecular complexity index is 1070. The van der Waals surface area contributed by atoms with Gasteiger partial charge in [0.2, 0.25) is 5.96 Å². The number of ether oxygens (including phenoxy) is 3. The summed E-state index contributed by atoms with van der Waals surface area (Å²) in [6, 6.07) is 16.1. The Morgan fingerprint density at radius 3 is 2.44 bits per heavy atom. The van der Waals surface area contributed by atoms with E-state index in [1.165, 1.54) is 7.11 Å². The summed E-state index contributed by atoms with van der Waals surface area (Å²) in [5, 5.41) is 6.02. The first kappa shape index (κ1) is 22.6. The van der Waals surface area contributed by atoms with Crippen LogP contribution >= 0.6 is 0 Å². The van der Waals surface area contributed by atoms with Gasteiger partial charge in [-0.05, 0) is 55.0 Å². The number of aliphatic imine (C=N–C) groups is 1. The van der Waals surface area contributed by atoms with E-state index in [1.54, 1.807) is 37.7 Å². The number of pyridine rings is 1. The normalized spacial score (nSPS) is 10.9. The zero-order valence-corrected chi connectivity index (χ0v) is 18.3. The molecule has 3 rings (SSSR count).